The number of aliphatic carboxylic acids is 1. The van der Waals surface area contributed by atoms with Crippen molar-refractivity contribution in [1.29, 1.82) is 0 Å². The lowest BCUT2D eigenvalue weighted by molar-refractivity contribution is -0.133. The smallest absolute Gasteiger partial charge is 0.314 e. The number of carboxylic acids is 1. The van der Waals surface area contributed by atoms with Crippen molar-refractivity contribution in [2.24, 2.45) is 0 Å². The van der Waals surface area contributed by atoms with Crippen molar-refractivity contribution in [2.75, 3.05) is 5.75 Å². The highest BCUT2D eigenvalue weighted by atomic mass is 32.2. The molecule has 0 radical (unpaired) electrons. The fraction of sp³-hybridized carbons (Fsp3) is 0.167. The Kier molecular flexibility index (Phi) is 2.92. The molecule has 0 aliphatic carbocycles. The van der Waals surface area contributed by atoms with E-state index in [0.717, 1.165) is 23.3 Å². The van der Waals surface area contributed by atoms with Gasteiger partial charge in [-0.3, -0.25) is 4.79 Å². The largest absolute Gasteiger partial charge is 0.481 e. The van der Waals surface area contributed by atoms with Crippen LogP contribution in [0.2, 0.25) is 0 Å². The summed E-state index contributed by atoms with van der Waals surface area (Å²) in [6.07, 6.45) is 1.50. The summed E-state index contributed by atoms with van der Waals surface area (Å²) >= 11 is 2.10. The molecule has 2 rings (SSSR count). The minimum absolute atomic E-state index is 0.109. The maximum atomic E-state index is 10.3. The van der Waals surface area contributed by atoms with Crippen molar-refractivity contribution < 1.29 is 14.3 Å². The fourth-order valence-corrected chi connectivity index (χ4v) is 1.67. The first-order chi connectivity index (χ1) is 7.25. The van der Waals surface area contributed by atoms with Crippen LogP contribution in [-0.4, -0.2) is 36.6 Å². The molecule has 0 bridgehead atoms. The van der Waals surface area contributed by atoms with Crippen LogP contribution in [0.4, 0.5) is 0 Å². The minimum Gasteiger partial charge on any atom is -0.481 e. The predicted molar refractivity (Wildman–Crippen MR) is 51.6 cm³/mol. The molecule has 0 fully saturated rings. The van der Waals surface area contributed by atoms with Crippen LogP contribution in [0.5, 0.6) is 0 Å². The van der Waals surface area contributed by atoms with Gasteiger partial charge in [0.1, 0.15) is 10.6 Å². The van der Waals surface area contributed by atoms with Crippen LogP contribution in [0.1, 0.15) is 0 Å². The van der Waals surface area contributed by atoms with E-state index in [2.05, 4.69) is 19.8 Å². The Bertz CT molecular complexity index is 455. The van der Waals surface area contributed by atoms with Crippen LogP contribution < -0.4 is 0 Å². The van der Waals surface area contributed by atoms with Gasteiger partial charge < -0.3 is 9.52 Å². The molecule has 0 aliphatic heterocycles. The fourth-order valence-electron chi connectivity index (χ4n) is 0.753. The van der Waals surface area contributed by atoms with E-state index >= 15 is 0 Å². The summed E-state index contributed by atoms with van der Waals surface area (Å²) in [4.78, 5) is 10.9. The molecule has 0 atom stereocenters. The maximum absolute atomic E-state index is 10.3. The Morgan fingerprint density at radius 2 is 2.47 bits per heavy atom. The second-order valence-electron chi connectivity index (χ2n) is 2.34. The van der Waals surface area contributed by atoms with Crippen LogP contribution in [0.3, 0.4) is 0 Å². The van der Waals surface area contributed by atoms with E-state index in [1.807, 2.05) is 0 Å². The van der Waals surface area contributed by atoms with E-state index in [0.29, 0.717) is 10.8 Å². The van der Waals surface area contributed by atoms with Crippen molar-refractivity contribution in [2.45, 2.75) is 5.22 Å². The van der Waals surface area contributed by atoms with E-state index < -0.39 is 5.97 Å². The molecule has 2 heterocycles. The van der Waals surface area contributed by atoms with Gasteiger partial charge >= 0.3 is 5.97 Å². The van der Waals surface area contributed by atoms with Crippen molar-refractivity contribution >= 4 is 29.3 Å². The quantitative estimate of drug-likeness (QED) is 0.786. The lowest BCUT2D eigenvalue weighted by Crippen LogP contribution is -1.97. The lowest BCUT2D eigenvalue weighted by atomic mass is 10.6. The number of carboxylic acid groups (broad SMARTS) is 1. The lowest BCUT2D eigenvalue weighted by Gasteiger charge is -1.88. The number of carbonyl (C=O) groups is 1. The number of thioether (sulfide) groups is 1. The molecule has 2 aromatic rings. The van der Waals surface area contributed by atoms with Gasteiger partial charge in [-0.15, -0.1) is 15.3 Å². The van der Waals surface area contributed by atoms with E-state index in [1.165, 1.54) is 6.20 Å². The molecule has 78 valence electrons. The maximum Gasteiger partial charge on any atom is 0.314 e. The zero-order chi connectivity index (χ0) is 10.7. The molecule has 0 aliphatic rings. The zero-order valence-electron chi connectivity index (χ0n) is 7.15. The first-order valence-electron chi connectivity index (χ1n) is 3.71. The van der Waals surface area contributed by atoms with Gasteiger partial charge in [0.25, 0.3) is 11.1 Å². The average Bonchev–Trinajstić information content (AvgIpc) is 2.85. The molecule has 0 unspecified atom stereocenters. The Labute approximate surface area is 91.7 Å². The van der Waals surface area contributed by atoms with Crippen molar-refractivity contribution in [1.82, 2.24) is 19.8 Å². The second-order valence-corrected chi connectivity index (χ2v) is 4.05. The Morgan fingerprint density at radius 3 is 3.13 bits per heavy atom. The minimum atomic E-state index is -0.931. The van der Waals surface area contributed by atoms with Crippen LogP contribution in [0.25, 0.3) is 10.8 Å². The normalized spacial score (nSPS) is 10.4. The van der Waals surface area contributed by atoms with Crippen LogP contribution in [0, 0.1) is 0 Å². The van der Waals surface area contributed by atoms with Crippen LogP contribution >= 0.6 is 23.3 Å². The van der Waals surface area contributed by atoms with Gasteiger partial charge in [-0.2, -0.15) is 0 Å². The van der Waals surface area contributed by atoms with Gasteiger partial charge in [0.2, 0.25) is 0 Å². The number of rotatable bonds is 4. The molecular weight excluding hydrogens is 240 g/mol. The van der Waals surface area contributed by atoms with Crippen LogP contribution in [0.15, 0.2) is 15.8 Å². The van der Waals surface area contributed by atoms with Crippen molar-refractivity contribution in [3.8, 4) is 10.8 Å². The summed E-state index contributed by atoms with van der Waals surface area (Å²) in [6, 6.07) is 0. The van der Waals surface area contributed by atoms with Crippen molar-refractivity contribution in [3.63, 3.8) is 0 Å². The highest BCUT2D eigenvalue weighted by Gasteiger charge is 2.11. The van der Waals surface area contributed by atoms with Crippen LogP contribution in [-0.2, 0) is 4.79 Å². The third kappa shape index (κ3) is 2.50. The van der Waals surface area contributed by atoms with Gasteiger partial charge in [-0.05, 0) is 11.5 Å². The SMILES string of the molecule is O=C(O)CSc1nnc(-c2cnns2)o1. The standard InChI is InChI=1S/C6H4N4O3S2/c11-4(12)2-14-6-9-8-5(13-6)3-1-7-10-15-3/h1H,2H2,(H,11,12). The highest BCUT2D eigenvalue weighted by Crippen LogP contribution is 2.24. The number of nitrogens with zero attached hydrogens (tertiary/aromatic N) is 4. The Balaban J connectivity index is 2.08. The van der Waals surface area contributed by atoms with E-state index in [4.69, 9.17) is 9.52 Å². The van der Waals surface area contributed by atoms with Gasteiger partial charge in [-0.1, -0.05) is 16.3 Å². The number of hydrogen-bond acceptors (Lipinski definition) is 8. The first kappa shape index (κ1) is 10.1. The summed E-state index contributed by atoms with van der Waals surface area (Å²) < 4.78 is 8.83. The van der Waals surface area contributed by atoms with Crippen molar-refractivity contribution in [3.05, 3.63) is 6.20 Å². The molecule has 2 aromatic heterocycles. The third-order valence-electron chi connectivity index (χ3n) is 1.30. The molecule has 7 nitrogen and oxygen atoms in total. The molecule has 0 spiro atoms. The Morgan fingerprint density at radius 1 is 1.60 bits per heavy atom. The van der Waals surface area contributed by atoms with E-state index in [-0.39, 0.29) is 11.0 Å². The monoisotopic (exact) mass is 244 g/mol. The molecule has 0 saturated heterocycles. The molecule has 0 aromatic carbocycles. The molecule has 9 heteroatoms. The highest BCUT2D eigenvalue weighted by molar-refractivity contribution is 7.99. The van der Waals surface area contributed by atoms with Gasteiger partial charge in [0, 0.05) is 0 Å². The van der Waals surface area contributed by atoms with Gasteiger partial charge in [0.05, 0.1) is 6.20 Å². The third-order valence-corrected chi connectivity index (χ3v) is 2.75. The second kappa shape index (κ2) is 4.36. The summed E-state index contributed by atoms with van der Waals surface area (Å²) in [5.41, 5.74) is 0. The molecule has 0 saturated carbocycles. The molecule has 15 heavy (non-hydrogen) atoms. The predicted octanol–water partition coefficient (Wildman–Crippen LogP) is 0.765. The summed E-state index contributed by atoms with van der Waals surface area (Å²) in [5, 5.41) is 19.7. The topological polar surface area (TPSA) is 102 Å². The summed E-state index contributed by atoms with van der Waals surface area (Å²) in [6.45, 7) is 0. The molecule has 0 amide bonds. The molecular formula is C6H4N4O3S2. The van der Waals surface area contributed by atoms with Gasteiger partial charge in [0.15, 0.2) is 0 Å². The van der Waals surface area contributed by atoms with Gasteiger partial charge in [-0.25, -0.2) is 0 Å². The zero-order valence-corrected chi connectivity index (χ0v) is 8.79. The van der Waals surface area contributed by atoms with E-state index in [9.17, 15) is 4.79 Å². The van der Waals surface area contributed by atoms with E-state index in [1.54, 1.807) is 0 Å². The first-order valence-corrected chi connectivity index (χ1v) is 5.47. The molecule has 1 N–H and O–H groups in total. The average molecular weight is 244 g/mol. The summed E-state index contributed by atoms with van der Waals surface area (Å²) in [7, 11) is 0. The summed E-state index contributed by atoms with van der Waals surface area (Å²) in [5.74, 6) is -0.736. The number of hydrogen-bond donors (Lipinski definition) is 1. The number of aromatic nitrogens is 4. The Hall–Kier alpha value is -1.48.